The van der Waals surface area contributed by atoms with Crippen LogP contribution in [0.25, 0.3) is 10.6 Å². The minimum absolute atomic E-state index is 0.136. The van der Waals surface area contributed by atoms with Gasteiger partial charge in [0.15, 0.2) is 5.82 Å². The monoisotopic (exact) mass is 417 g/mol. The van der Waals surface area contributed by atoms with Crippen molar-refractivity contribution in [2.24, 2.45) is 5.92 Å². The summed E-state index contributed by atoms with van der Waals surface area (Å²) in [6.45, 7) is 0.604. The lowest BCUT2D eigenvalue weighted by atomic mass is 9.97. The fourth-order valence-corrected chi connectivity index (χ4v) is 5.31. The number of aromatic nitrogens is 3. The first-order valence-electron chi connectivity index (χ1n) is 8.84. The number of carbonyl (C=O) groups excluding carboxylic acids is 1. The second-order valence-electron chi connectivity index (χ2n) is 6.50. The third kappa shape index (κ3) is 3.84. The predicted molar refractivity (Wildman–Crippen MR) is 106 cm³/mol. The Morgan fingerprint density at radius 2 is 2.07 bits per heavy atom. The van der Waals surface area contributed by atoms with E-state index in [1.165, 1.54) is 22.8 Å². The van der Waals surface area contributed by atoms with Crippen molar-refractivity contribution < 1.29 is 13.2 Å². The quantitative estimate of drug-likeness (QED) is 0.663. The second-order valence-corrected chi connectivity index (χ2v) is 9.39. The second kappa shape index (κ2) is 7.82. The summed E-state index contributed by atoms with van der Waals surface area (Å²) in [4.78, 5) is 17.6. The van der Waals surface area contributed by atoms with Gasteiger partial charge in [0.2, 0.25) is 15.9 Å². The van der Waals surface area contributed by atoms with Crippen LogP contribution < -0.4 is 5.32 Å². The molecule has 0 atom stereocenters. The zero-order chi connectivity index (χ0) is 19.6. The number of aromatic amines is 1. The van der Waals surface area contributed by atoms with E-state index < -0.39 is 10.0 Å². The van der Waals surface area contributed by atoms with Crippen LogP contribution in [0.5, 0.6) is 0 Å². The Labute approximate surface area is 166 Å². The fraction of sp³-hybridized carbons (Fsp3) is 0.278. The van der Waals surface area contributed by atoms with Crippen molar-refractivity contribution in [2.75, 3.05) is 18.4 Å². The Balaban J connectivity index is 1.35. The van der Waals surface area contributed by atoms with E-state index in [1.807, 2.05) is 17.5 Å². The first kappa shape index (κ1) is 18.8. The van der Waals surface area contributed by atoms with E-state index in [0.29, 0.717) is 31.7 Å². The van der Waals surface area contributed by atoms with E-state index in [4.69, 9.17) is 0 Å². The van der Waals surface area contributed by atoms with Crippen LogP contribution in [-0.4, -0.2) is 46.9 Å². The first-order valence-corrected chi connectivity index (χ1v) is 11.2. The third-order valence-corrected chi connectivity index (χ3v) is 7.50. The topological polar surface area (TPSA) is 108 Å². The van der Waals surface area contributed by atoms with E-state index in [-0.39, 0.29) is 16.7 Å². The molecule has 0 radical (unpaired) electrons. The van der Waals surface area contributed by atoms with Crippen LogP contribution in [0.3, 0.4) is 0 Å². The lowest BCUT2D eigenvalue weighted by molar-refractivity contribution is -0.120. The molecule has 1 fully saturated rings. The van der Waals surface area contributed by atoms with E-state index in [0.717, 1.165) is 10.6 Å². The van der Waals surface area contributed by atoms with Gasteiger partial charge in [-0.05, 0) is 36.4 Å². The van der Waals surface area contributed by atoms with Gasteiger partial charge in [-0.15, -0.1) is 11.3 Å². The number of hydrogen-bond donors (Lipinski definition) is 2. The number of anilines is 1. The van der Waals surface area contributed by atoms with Crippen LogP contribution in [-0.2, 0) is 14.8 Å². The number of hydrogen-bond acceptors (Lipinski definition) is 6. The molecule has 0 unspecified atom stereocenters. The fourth-order valence-electron chi connectivity index (χ4n) is 3.18. The minimum atomic E-state index is -3.57. The zero-order valence-electron chi connectivity index (χ0n) is 14.9. The van der Waals surface area contributed by atoms with Gasteiger partial charge in [0.05, 0.1) is 10.6 Å². The zero-order valence-corrected chi connectivity index (χ0v) is 16.5. The van der Waals surface area contributed by atoms with Gasteiger partial charge in [-0.3, -0.25) is 14.9 Å². The number of sulfonamides is 1. The van der Waals surface area contributed by atoms with Crippen LogP contribution >= 0.6 is 11.3 Å². The third-order valence-electron chi connectivity index (χ3n) is 4.71. The molecule has 146 valence electrons. The van der Waals surface area contributed by atoms with Gasteiger partial charge in [-0.1, -0.05) is 6.07 Å². The van der Waals surface area contributed by atoms with Crippen molar-refractivity contribution in [3.05, 3.63) is 48.1 Å². The molecule has 2 N–H and O–H groups in total. The average Bonchev–Trinajstić information content (AvgIpc) is 3.40. The summed E-state index contributed by atoms with van der Waals surface area (Å²) in [5, 5.41) is 11.8. The smallest absolute Gasteiger partial charge is 0.244 e. The van der Waals surface area contributed by atoms with E-state index in [1.54, 1.807) is 23.5 Å². The van der Waals surface area contributed by atoms with Crippen LogP contribution in [0.1, 0.15) is 12.8 Å². The van der Waals surface area contributed by atoms with Crippen molar-refractivity contribution in [1.29, 1.82) is 0 Å². The molecule has 28 heavy (non-hydrogen) atoms. The van der Waals surface area contributed by atoms with Gasteiger partial charge in [-0.25, -0.2) is 8.42 Å². The molecule has 4 rings (SSSR count). The SMILES string of the molecule is O=C(Nc1cc(-c2cccs2)[nH]n1)C1CCN(S(=O)(=O)c2cccnc2)CC1. The summed E-state index contributed by atoms with van der Waals surface area (Å²) in [7, 11) is -3.57. The van der Waals surface area contributed by atoms with Gasteiger partial charge >= 0.3 is 0 Å². The Bertz CT molecular complexity index is 1040. The summed E-state index contributed by atoms with van der Waals surface area (Å²) in [5.41, 5.74) is 0.850. The van der Waals surface area contributed by atoms with Crippen LogP contribution in [0.4, 0.5) is 5.82 Å². The van der Waals surface area contributed by atoms with E-state index in [2.05, 4.69) is 20.5 Å². The Hall–Kier alpha value is -2.56. The number of H-pyrrole nitrogens is 1. The molecule has 0 aliphatic carbocycles. The van der Waals surface area contributed by atoms with Crippen LogP contribution in [0.2, 0.25) is 0 Å². The Morgan fingerprint density at radius 1 is 1.25 bits per heavy atom. The largest absolute Gasteiger partial charge is 0.309 e. The summed E-state index contributed by atoms with van der Waals surface area (Å²) in [6, 6.07) is 8.85. The predicted octanol–water partition coefficient (Wildman–Crippen LogP) is 2.57. The van der Waals surface area contributed by atoms with Crippen LogP contribution in [0, 0.1) is 5.92 Å². The van der Waals surface area contributed by atoms with Gasteiger partial charge in [0.25, 0.3) is 0 Å². The molecule has 4 heterocycles. The molecule has 0 aromatic carbocycles. The minimum Gasteiger partial charge on any atom is -0.309 e. The number of pyridine rings is 1. The van der Waals surface area contributed by atoms with Crippen molar-refractivity contribution in [2.45, 2.75) is 17.7 Å². The highest BCUT2D eigenvalue weighted by Gasteiger charge is 2.32. The highest BCUT2D eigenvalue weighted by molar-refractivity contribution is 7.89. The number of carbonyl (C=O) groups is 1. The highest BCUT2D eigenvalue weighted by atomic mass is 32.2. The molecule has 0 spiro atoms. The highest BCUT2D eigenvalue weighted by Crippen LogP contribution is 2.26. The number of nitrogens with one attached hydrogen (secondary N) is 2. The average molecular weight is 418 g/mol. The molecule has 10 heteroatoms. The maximum absolute atomic E-state index is 12.6. The van der Waals surface area contributed by atoms with Crippen molar-refractivity contribution in [3.8, 4) is 10.6 Å². The lowest BCUT2D eigenvalue weighted by Gasteiger charge is -2.30. The van der Waals surface area contributed by atoms with E-state index in [9.17, 15) is 13.2 Å². The molecule has 1 saturated heterocycles. The normalized spacial score (nSPS) is 16.1. The van der Waals surface area contributed by atoms with E-state index >= 15 is 0 Å². The maximum atomic E-state index is 12.6. The Morgan fingerprint density at radius 3 is 2.75 bits per heavy atom. The van der Waals surface area contributed by atoms with Crippen molar-refractivity contribution >= 4 is 33.1 Å². The Kier molecular flexibility index (Phi) is 5.25. The van der Waals surface area contributed by atoms with Crippen LogP contribution in [0.15, 0.2) is 53.0 Å². The lowest BCUT2D eigenvalue weighted by Crippen LogP contribution is -2.41. The molecule has 0 bridgehead atoms. The molecule has 1 aliphatic heterocycles. The number of amides is 1. The molecule has 0 saturated carbocycles. The van der Waals surface area contributed by atoms with Gasteiger partial charge in [0.1, 0.15) is 4.90 Å². The van der Waals surface area contributed by atoms with Gasteiger partial charge in [-0.2, -0.15) is 9.40 Å². The van der Waals surface area contributed by atoms with Gasteiger partial charge < -0.3 is 5.32 Å². The first-order chi connectivity index (χ1) is 13.5. The number of piperidine rings is 1. The summed E-state index contributed by atoms with van der Waals surface area (Å²) < 4.78 is 26.7. The molecule has 1 aliphatic rings. The number of nitrogens with zero attached hydrogens (tertiary/aromatic N) is 3. The summed E-state index contributed by atoms with van der Waals surface area (Å²) in [5.74, 6) is 0.0868. The number of thiophene rings is 1. The molecule has 3 aromatic heterocycles. The molecule has 1 amide bonds. The summed E-state index contributed by atoms with van der Waals surface area (Å²) in [6.07, 6.45) is 3.81. The molecular weight excluding hydrogens is 398 g/mol. The van der Waals surface area contributed by atoms with Crippen molar-refractivity contribution in [3.63, 3.8) is 0 Å². The van der Waals surface area contributed by atoms with Crippen molar-refractivity contribution in [1.82, 2.24) is 19.5 Å². The molecule has 3 aromatic rings. The standard InChI is InChI=1S/C18H19N5O3S2/c24-18(20-17-11-15(21-22-17)16-4-2-10-27-16)13-5-8-23(9-6-13)28(25,26)14-3-1-7-19-12-14/h1-4,7,10-13H,5-6,8-9H2,(H2,20,21,22,24). The molecular formula is C18H19N5O3S2. The van der Waals surface area contributed by atoms with Gasteiger partial charge in [0, 0.05) is 37.5 Å². The summed E-state index contributed by atoms with van der Waals surface area (Å²) >= 11 is 1.59. The molecule has 8 nitrogen and oxygen atoms in total. The maximum Gasteiger partial charge on any atom is 0.244 e. The number of rotatable bonds is 5.